The molecule has 3 rings (SSSR count). The largest absolute Gasteiger partial charge is 0.497 e. The molecule has 2 heterocycles. The monoisotopic (exact) mass is 313 g/mol. The van der Waals surface area contributed by atoms with Crippen molar-refractivity contribution in [1.82, 2.24) is 20.2 Å². The van der Waals surface area contributed by atoms with Crippen molar-refractivity contribution in [2.75, 3.05) is 18.7 Å². The van der Waals surface area contributed by atoms with Crippen molar-refractivity contribution in [2.45, 2.75) is 5.16 Å². The number of benzene rings is 1. The molecule has 0 fully saturated rings. The van der Waals surface area contributed by atoms with Crippen LogP contribution in [0.4, 0.5) is 11.6 Å². The Labute approximate surface area is 132 Å². The van der Waals surface area contributed by atoms with Crippen LogP contribution >= 0.6 is 11.8 Å². The molecule has 6 nitrogen and oxygen atoms in total. The standard InChI is InChI=1S/C15H15N5OS/c1-21-11-5-3-10(4-6-11)12-9-14(20-19-12)17-13-7-8-16-15(18-13)22-2/h3-9H,1-2H3,(H2,16,17,18,19,20). The number of nitrogens with zero attached hydrogens (tertiary/aromatic N) is 3. The lowest BCUT2D eigenvalue weighted by molar-refractivity contribution is 0.415. The molecule has 0 radical (unpaired) electrons. The number of hydrogen-bond acceptors (Lipinski definition) is 6. The predicted octanol–water partition coefficient (Wildman–Crippen LogP) is 3.34. The number of rotatable bonds is 5. The lowest BCUT2D eigenvalue weighted by Crippen LogP contribution is -1.95. The van der Waals surface area contributed by atoms with Crippen molar-refractivity contribution in [3.8, 4) is 17.0 Å². The highest BCUT2D eigenvalue weighted by Crippen LogP contribution is 2.23. The van der Waals surface area contributed by atoms with Crippen molar-refractivity contribution in [1.29, 1.82) is 0 Å². The summed E-state index contributed by atoms with van der Waals surface area (Å²) < 4.78 is 5.16. The molecular weight excluding hydrogens is 298 g/mol. The van der Waals surface area contributed by atoms with Crippen molar-refractivity contribution in [3.05, 3.63) is 42.6 Å². The van der Waals surface area contributed by atoms with Gasteiger partial charge in [0.15, 0.2) is 11.0 Å². The number of hydrogen-bond donors (Lipinski definition) is 2. The van der Waals surface area contributed by atoms with Crippen LogP contribution in [0.15, 0.2) is 47.8 Å². The SMILES string of the molecule is COc1ccc(-c2cc(Nc3ccnc(SC)n3)n[nH]2)cc1. The maximum absolute atomic E-state index is 5.16. The van der Waals surface area contributed by atoms with Gasteiger partial charge in [-0.3, -0.25) is 5.10 Å². The van der Waals surface area contributed by atoms with Crippen LogP contribution in [0.5, 0.6) is 5.75 Å². The average molecular weight is 313 g/mol. The first kappa shape index (κ1) is 14.4. The number of aromatic amines is 1. The van der Waals surface area contributed by atoms with Crippen LogP contribution in [0.3, 0.4) is 0 Å². The molecule has 0 saturated carbocycles. The number of anilines is 2. The second kappa shape index (κ2) is 6.48. The van der Waals surface area contributed by atoms with E-state index in [2.05, 4.69) is 25.5 Å². The summed E-state index contributed by atoms with van der Waals surface area (Å²) in [5, 5.41) is 11.1. The van der Waals surface area contributed by atoms with Gasteiger partial charge < -0.3 is 10.1 Å². The van der Waals surface area contributed by atoms with Crippen LogP contribution in [-0.2, 0) is 0 Å². The van der Waals surface area contributed by atoms with Gasteiger partial charge >= 0.3 is 0 Å². The van der Waals surface area contributed by atoms with E-state index in [1.807, 2.05) is 36.6 Å². The van der Waals surface area contributed by atoms with Gasteiger partial charge in [0, 0.05) is 12.3 Å². The molecule has 1 aromatic carbocycles. The summed E-state index contributed by atoms with van der Waals surface area (Å²) in [6, 6.07) is 11.5. The molecule has 22 heavy (non-hydrogen) atoms. The highest BCUT2D eigenvalue weighted by atomic mass is 32.2. The number of thioether (sulfide) groups is 1. The first-order valence-corrected chi connectivity index (χ1v) is 7.85. The second-order valence-electron chi connectivity index (χ2n) is 4.45. The third-order valence-corrected chi connectivity index (χ3v) is 3.61. The maximum Gasteiger partial charge on any atom is 0.189 e. The third kappa shape index (κ3) is 3.20. The summed E-state index contributed by atoms with van der Waals surface area (Å²) >= 11 is 1.50. The molecule has 0 unspecified atom stereocenters. The average Bonchev–Trinajstić information content (AvgIpc) is 3.03. The van der Waals surface area contributed by atoms with Crippen molar-refractivity contribution < 1.29 is 4.74 Å². The van der Waals surface area contributed by atoms with Gasteiger partial charge in [0.1, 0.15) is 11.6 Å². The third-order valence-electron chi connectivity index (χ3n) is 3.05. The van der Waals surface area contributed by atoms with Crippen LogP contribution < -0.4 is 10.1 Å². The van der Waals surface area contributed by atoms with Crippen molar-refractivity contribution in [2.24, 2.45) is 0 Å². The summed E-state index contributed by atoms with van der Waals surface area (Å²) in [5.41, 5.74) is 1.96. The fourth-order valence-electron chi connectivity index (χ4n) is 1.94. The zero-order chi connectivity index (χ0) is 15.4. The summed E-state index contributed by atoms with van der Waals surface area (Å²) in [5.74, 6) is 2.25. The maximum atomic E-state index is 5.16. The summed E-state index contributed by atoms with van der Waals surface area (Å²) in [4.78, 5) is 8.50. The molecule has 0 aliphatic carbocycles. The highest BCUT2D eigenvalue weighted by Gasteiger charge is 2.05. The van der Waals surface area contributed by atoms with E-state index in [0.29, 0.717) is 11.6 Å². The van der Waals surface area contributed by atoms with Gasteiger partial charge in [0.2, 0.25) is 0 Å². The van der Waals surface area contributed by atoms with Gasteiger partial charge in [0.25, 0.3) is 0 Å². The Morgan fingerprint density at radius 1 is 1.14 bits per heavy atom. The van der Waals surface area contributed by atoms with Gasteiger partial charge in [-0.25, -0.2) is 9.97 Å². The Morgan fingerprint density at radius 3 is 2.68 bits per heavy atom. The van der Waals surface area contributed by atoms with E-state index in [9.17, 15) is 0 Å². The minimum absolute atomic E-state index is 0.705. The zero-order valence-corrected chi connectivity index (χ0v) is 13.0. The Kier molecular flexibility index (Phi) is 4.24. The fourth-order valence-corrected chi connectivity index (χ4v) is 2.30. The summed E-state index contributed by atoms with van der Waals surface area (Å²) in [7, 11) is 1.65. The van der Waals surface area contributed by atoms with Crippen molar-refractivity contribution >= 4 is 23.4 Å². The van der Waals surface area contributed by atoms with Crippen LogP contribution in [0.2, 0.25) is 0 Å². The fraction of sp³-hybridized carbons (Fsp3) is 0.133. The molecule has 0 amide bonds. The molecule has 0 bridgehead atoms. The number of aromatic nitrogens is 4. The molecule has 2 aromatic heterocycles. The molecule has 0 saturated heterocycles. The zero-order valence-electron chi connectivity index (χ0n) is 12.2. The molecule has 3 aromatic rings. The number of methoxy groups -OCH3 is 1. The van der Waals surface area contributed by atoms with E-state index in [1.54, 1.807) is 19.4 Å². The molecule has 0 aliphatic heterocycles. The Balaban J connectivity index is 1.77. The minimum Gasteiger partial charge on any atom is -0.497 e. The van der Waals surface area contributed by atoms with Gasteiger partial charge in [-0.2, -0.15) is 5.10 Å². The minimum atomic E-state index is 0.705. The Hall–Kier alpha value is -2.54. The first-order valence-electron chi connectivity index (χ1n) is 6.62. The number of nitrogens with one attached hydrogen (secondary N) is 2. The Bertz CT molecular complexity index is 757. The van der Waals surface area contributed by atoms with Gasteiger partial charge in [0.05, 0.1) is 12.8 Å². The van der Waals surface area contributed by atoms with Crippen LogP contribution in [0.1, 0.15) is 0 Å². The van der Waals surface area contributed by atoms with E-state index < -0.39 is 0 Å². The molecule has 0 atom stereocenters. The smallest absolute Gasteiger partial charge is 0.189 e. The van der Waals surface area contributed by atoms with Crippen LogP contribution in [0.25, 0.3) is 11.3 Å². The van der Waals surface area contributed by atoms with E-state index >= 15 is 0 Å². The van der Waals surface area contributed by atoms with Crippen LogP contribution in [0, 0.1) is 0 Å². The molecule has 112 valence electrons. The van der Waals surface area contributed by atoms with E-state index in [0.717, 1.165) is 22.2 Å². The molecule has 0 spiro atoms. The molecular formula is C15H15N5OS. The number of ether oxygens (including phenoxy) is 1. The summed E-state index contributed by atoms with van der Waals surface area (Å²) in [6.07, 6.45) is 3.66. The first-order chi connectivity index (χ1) is 10.8. The highest BCUT2D eigenvalue weighted by molar-refractivity contribution is 7.98. The van der Waals surface area contributed by atoms with E-state index in [4.69, 9.17) is 4.74 Å². The molecule has 7 heteroatoms. The summed E-state index contributed by atoms with van der Waals surface area (Å²) in [6.45, 7) is 0. The quantitative estimate of drug-likeness (QED) is 0.556. The lowest BCUT2D eigenvalue weighted by Gasteiger charge is -2.02. The second-order valence-corrected chi connectivity index (χ2v) is 5.22. The van der Waals surface area contributed by atoms with Crippen molar-refractivity contribution in [3.63, 3.8) is 0 Å². The topological polar surface area (TPSA) is 75.7 Å². The van der Waals surface area contributed by atoms with E-state index in [-0.39, 0.29) is 0 Å². The van der Waals surface area contributed by atoms with Gasteiger partial charge in [-0.15, -0.1) is 0 Å². The molecule has 2 N–H and O–H groups in total. The normalized spacial score (nSPS) is 10.5. The predicted molar refractivity (Wildman–Crippen MR) is 87.7 cm³/mol. The van der Waals surface area contributed by atoms with E-state index in [1.165, 1.54) is 11.8 Å². The molecule has 0 aliphatic rings. The Morgan fingerprint density at radius 2 is 1.95 bits per heavy atom. The number of H-pyrrole nitrogens is 1. The van der Waals surface area contributed by atoms with Crippen LogP contribution in [-0.4, -0.2) is 33.5 Å². The van der Waals surface area contributed by atoms with Gasteiger partial charge in [-0.1, -0.05) is 11.8 Å². The lowest BCUT2D eigenvalue weighted by atomic mass is 10.1. The van der Waals surface area contributed by atoms with Gasteiger partial charge in [-0.05, 0) is 42.2 Å².